The Balaban J connectivity index is 2.21. The summed E-state index contributed by atoms with van der Waals surface area (Å²) in [6.45, 7) is 3.85. The summed E-state index contributed by atoms with van der Waals surface area (Å²) in [7, 11) is -3.87. The van der Waals surface area contributed by atoms with Gasteiger partial charge in [0.15, 0.2) is 0 Å². The zero-order valence-electron chi connectivity index (χ0n) is 12.0. The van der Waals surface area contributed by atoms with E-state index in [9.17, 15) is 13.2 Å². The Morgan fingerprint density at radius 1 is 1.48 bits per heavy atom. The van der Waals surface area contributed by atoms with Gasteiger partial charge < -0.3 is 5.32 Å². The molecule has 1 fully saturated rings. The highest BCUT2D eigenvalue weighted by molar-refractivity contribution is 9.10. The van der Waals surface area contributed by atoms with Gasteiger partial charge in [0.1, 0.15) is 0 Å². The minimum Gasteiger partial charge on any atom is -0.349 e. The van der Waals surface area contributed by atoms with Crippen LogP contribution in [0.3, 0.4) is 0 Å². The summed E-state index contributed by atoms with van der Waals surface area (Å²) in [4.78, 5) is 12.2. The van der Waals surface area contributed by atoms with Crippen molar-refractivity contribution in [2.75, 3.05) is 0 Å². The molecule has 21 heavy (non-hydrogen) atoms. The van der Waals surface area contributed by atoms with E-state index in [-0.39, 0.29) is 16.8 Å². The number of carbonyl (C=O) groups is 1. The van der Waals surface area contributed by atoms with Crippen LogP contribution in [0, 0.1) is 12.8 Å². The molecule has 1 saturated carbocycles. The average molecular weight is 375 g/mol. The first kappa shape index (κ1) is 16.5. The maximum atomic E-state index is 12.2. The van der Waals surface area contributed by atoms with Gasteiger partial charge in [-0.2, -0.15) is 0 Å². The number of aryl methyl sites for hydroxylation is 1. The predicted octanol–water partition coefficient (Wildman–Crippen LogP) is 2.32. The van der Waals surface area contributed by atoms with E-state index in [1.165, 1.54) is 6.07 Å². The quantitative estimate of drug-likeness (QED) is 0.828. The van der Waals surface area contributed by atoms with Crippen LogP contribution in [0.4, 0.5) is 0 Å². The molecule has 2 atom stereocenters. The Kier molecular flexibility index (Phi) is 4.75. The first-order valence-electron chi connectivity index (χ1n) is 6.87. The number of rotatable bonds is 5. The largest absolute Gasteiger partial charge is 0.349 e. The second-order valence-corrected chi connectivity index (χ2v) is 7.84. The zero-order valence-corrected chi connectivity index (χ0v) is 14.4. The van der Waals surface area contributed by atoms with Crippen molar-refractivity contribution in [3.05, 3.63) is 27.7 Å². The molecule has 1 amide bonds. The second-order valence-electron chi connectivity index (χ2n) is 5.51. The highest BCUT2D eigenvalue weighted by Crippen LogP contribution is 2.35. The lowest BCUT2D eigenvalue weighted by Crippen LogP contribution is -2.27. The number of amides is 1. The van der Waals surface area contributed by atoms with Crippen molar-refractivity contribution >= 4 is 31.9 Å². The highest BCUT2D eigenvalue weighted by atomic mass is 79.9. The van der Waals surface area contributed by atoms with Gasteiger partial charge in [-0.3, -0.25) is 4.79 Å². The van der Waals surface area contributed by atoms with Crippen LogP contribution in [0.5, 0.6) is 0 Å². The first-order valence-corrected chi connectivity index (χ1v) is 9.21. The molecule has 0 spiro atoms. The third-order valence-electron chi connectivity index (χ3n) is 3.69. The molecule has 2 rings (SSSR count). The number of nitrogens with one attached hydrogen (secondary N) is 1. The summed E-state index contributed by atoms with van der Waals surface area (Å²) in [6, 6.07) is 3.18. The summed E-state index contributed by atoms with van der Waals surface area (Å²) < 4.78 is 23.5. The van der Waals surface area contributed by atoms with Gasteiger partial charge in [-0.1, -0.05) is 13.3 Å². The molecular weight excluding hydrogens is 356 g/mol. The van der Waals surface area contributed by atoms with Gasteiger partial charge in [-0.25, -0.2) is 13.6 Å². The Labute approximate surface area is 133 Å². The Morgan fingerprint density at radius 2 is 2.14 bits per heavy atom. The van der Waals surface area contributed by atoms with E-state index in [1.54, 1.807) is 13.0 Å². The van der Waals surface area contributed by atoms with Gasteiger partial charge >= 0.3 is 0 Å². The lowest BCUT2D eigenvalue weighted by Gasteiger charge is -2.10. The predicted molar refractivity (Wildman–Crippen MR) is 84.5 cm³/mol. The molecule has 1 aromatic rings. The number of nitrogens with two attached hydrogens (primary N) is 1. The van der Waals surface area contributed by atoms with Crippen LogP contribution in [0.1, 0.15) is 42.1 Å². The molecule has 3 N–H and O–H groups in total. The van der Waals surface area contributed by atoms with Crippen molar-refractivity contribution in [1.82, 2.24) is 5.32 Å². The number of benzene rings is 1. The summed E-state index contributed by atoms with van der Waals surface area (Å²) in [5.41, 5.74) is 0.981. The third-order valence-corrected chi connectivity index (χ3v) is 5.94. The Bertz CT molecular complexity index is 673. The molecule has 7 heteroatoms. The van der Waals surface area contributed by atoms with Gasteiger partial charge in [0, 0.05) is 16.1 Å². The molecule has 1 aliphatic rings. The summed E-state index contributed by atoms with van der Waals surface area (Å²) in [5.74, 6) is 0.298. The molecule has 0 radical (unpaired) electrons. The minimum absolute atomic E-state index is 0.0615. The van der Waals surface area contributed by atoms with Crippen LogP contribution in [-0.2, 0) is 10.0 Å². The first-order chi connectivity index (χ1) is 9.74. The van der Waals surface area contributed by atoms with Crippen LogP contribution in [0.2, 0.25) is 0 Å². The molecule has 0 bridgehead atoms. The molecule has 1 aliphatic carbocycles. The van der Waals surface area contributed by atoms with Crippen LogP contribution >= 0.6 is 15.9 Å². The normalized spacial score (nSPS) is 21.1. The molecule has 0 aromatic heterocycles. The number of hydrogen-bond donors (Lipinski definition) is 2. The van der Waals surface area contributed by atoms with E-state index in [0.29, 0.717) is 21.5 Å². The van der Waals surface area contributed by atoms with E-state index in [1.807, 2.05) is 0 Å². The van der Waals surface area contributed by atoms with Gasteiger partial charge in [0.05, 0.1) is 4.90 Å². The van der Waals surface area contributed by atoms with Crippen molar-refractivity contribution in [3.8, 4) is 0 Å². The monoisotopic (exact) mass is 374 g/mol. The van der Waals surface area contributed by atoms with Crippen molar-refractivity contribution in [2.45, 2.75) is 44.0 Å². The maximum absolute atomic E-state index is 12.2. The fourth-order valence-electron chi connectivity index (χ4n) is 2.44. The second kappa shape index (κ2) is 6.06. The molecule has 116 valence electrons. The number of hydrogen-bond acceptors (Lipinski definition) is 3. The van der Waals surface area contributed by atoms with Crippen molar-refractivity contribution in [2.24, 2.45) is 11.1 Å². The molecule has 0 saturated heterocycles. The molecule has 5 nitrogen and oxygen atoms in total. The maximum Gasteiger partial charge on any atom is 0.251 e. The minimum atomic E-state index is -3.87. The lowest BCUT2D eigenvalue weighted by atomic mass is 10.1. The van der Waals surface area contributed by atoms with Gasteiger partial charge in [-0.05, 0) is 59.3 Å². The number of primary sulfonamides is 1. The van der Waals surface area contributed by atoms with E-state index in [2.05, 4.69) is 28.2 Å². The van der Waals surface area contributed by atoms with Crippen LogP contribution in [0.25, 0.3) is 0 Å². The van der Waals surface area contributed by atoms with Gasteiger partial charge in [0.25, 0.3) is 5.91 Å². The lowest BCUT2D eigenvalue weighted by molar-refractivity contribution is 0.0948. The molecular formula is C14H19BrN2O3S. The number of halogens is 1. The van der Waals surface area contributed by atoms with Crippen LogP contribution < -0.4 is 10.5 Å². The average Bonchev–Trinajstić information content (AvgIpc) is 3.09. The molecule has 0 heterocycles. The van der Waals surface area contributed by atoms with Crippen molar-refractivity contribution in [1.29, 1.82) is 0 Å². The number of sulfonamides is 1. The fourth-order valence-corrected chi connectivity index (χ4v) is 4.05. The molecule has 0 aliphatic heterocycles. The third kappa shape index (κ3) is 3.84. The van der Waals surface area contributed by atoms with Gasteiger partial charge in [-0.15, -0.1) is 0 Å². The summed E-state index contributed by atoms with van der Waals surface area (Å²) >= 11 is 3.20. The van der Waals surface area contributed by atoms with E-state index >= 15 is 0 Å². The van der Waals surface area contributed by atoms with Crippen molar-refractivity contribution in [3.63, 3.8) is 0 Å². The van der Waals surface area contributed by atoms with Crippen molar-refractivity contribution < 1.29 is 13.2 Å². The SMILES string of the molecule is CCCC1CC1NC(=O)c1cc(C)c(Br)c(S(N)(=O)=O)c1. The molecule has 1 aromatic carbocycles. The highest BCUT2D eigenvalue weighted by Gasteiger charge is 2.37. The Hall–Kier alpha value is -0.920. The smallest absolute Gasteiger partial charge is 0.251 e. The van der Waals surface area contributed by atoms with Gasteiger partial charge in [0.2, 0.25) is 10.0 Å². The number of carbonyl (C=O) groups excluding carboxylic acids is 1. The summed E-state index contributed by atoms with van der Waals surface area (Å²) in [6.07, 6.45) is 3.20. The van der Waals surface area contributed by atoms with Crippen LogP contribution in [0.15, 0.2) is 21.5 Å². The molecule has 2 unspecified atom stereocenters. The topological polar surface area (TPSA) is 89.3 Å². The Morgan fingerprint density at radius 3 is 2.71 bits per heavy atom. The summed E-state index contributed by atoms with van der Waals surface area (Å²) in [5, 5.41) is 8.12. The van der Waals surface area contributed by atoms with Crippen LogP contribution in [-0.4, -0.2) is 20.4 Å². The van der Waals surface area contributed by atoms with E-state index in [4.69, 9.17) is 5.14 Å². The zero-order chi connectivity index (χ0) is 15.8. The fraction of sp³-hybridized carbons (Fsp3) is 0.500. The standard InChI is InChI=1S/C14H19BrN2O3S/c1-3-4-9-6-11(9)17-14(18)10-5-8(2)13(15)12(7-10)21(16,19)20/h5,7,9,11H,3-4,6H2,1-2H3,(H,17,18)(H2,16,19,20). The van der Waals surface area contributed by atoms with E-state index in [0.717, 1.165) is 19.3 Å². The van der Waals surface area contributed by atoms with E-state index < -0.39 is 10.0 Å².